The van der Waals surface area contributed by atoms with E-state index in [4.69, 9.17) is 4.74 Å². The Morgan fingerprint density at radius 2 is 1.91 bits per heavy atom. The number of hydrogen-bond acceptors (Lipinski definition) is 7. The molecule has 1 N–H and O–H groups in total. The predicted molar refractivity (Wildman–Crippen MR) is 116 cm³/mol. The van der Waals surface area contributed by atoms with Crippen LogP contribution >= 0.6 is 0 Å². The summed E-state index contributed by atoms with van der Waals surface area (Å²) in [6.45, 7) is 4.40. The van der Waals surface area contributed by atoms with Gasteiger partial charge in [-0.25, -0.2) is 31.9 Å². The second-order valence-electron chi connectivity index (χ2n) is 8.04. The molecule has 0 radical (unpaired) electrons. The highest BCUT2D eigenvalue weighted by atomic mass is 32.2. The lowest BCUT2D eigenvalue weighted by Crippen LogP contribution is -2.34. The molecule has 3 heterocycles. The van der Waals surface area contributed by atoms with Crippen molar-refractivity contribution in [1.29, 1.82) is 0 Å². The van der Waals surface area contributed by atoms with Crippen LogP contribution in [0.5, 0.6) is 0 Å². The van der Waals surface area contributed by atoms with Crippen molar-refractivity contribution in [2.24, 2.45) is 0 Å². The van der Waals surface area contributed by atoms with Gasteiger partial charge in [0, 0.05) is 43.3 Å². The third-order valence-electron chi connectivity index (χ3n) is 5.66. The number of aryl methyl sites for hydroxylation is 1. The average Bonchev–Trinajstić information content (AvgIpc) is 3.42. The van der Waals surface area contributed by atoms with E-state index in [0.29, 0.717) is 31.3 Å². The maximum Gasteiger partial charge on any atom is 0.201 e. The van der Waals surface area contributed by atoms with Crippen LogP contribution in [0.25, 0.3) is 5.69 Å². The van der Waals surface area contributed by atoms with Gasteiger partial charge in [0.15, 0.2) is 0 Å². The largest absolute Gasteiger partial charge is 0.381 e. The van der Waals surface area contributed by atoms with Gasteiger partial charge in [0.05, 0.1) is 6.61 Å². The molecule has 12 heteroatoms. The third kappa shape index (κ3) is 5.07. The van der Waals surface area contributed by atoms with Crippen molar-refractivity contribution >= 4 is 10.9 Å². The Morgan fingerprint density at radius 1 is 1.21 bits per heavy atom. The highest BCUT2D eigenvalue weighted by Crippen LogP contribution is 2.31. The molecule has 0 unspecified atom stereocenters. The minimum absolute atomic E-state index is 0.0920. The Bertz CT molecular complexity index is 1170. The number of nitrogens with one attached hydrogen (secondary N) is 1. The number of nitrogens with zero attached hydrogens (tertiary/aromatic N) is 5. The smallest absolute Gasteiger partial charge is 0.201 e. The summed E-state index contributed by atoms with van der Waals surface area (Å²) in [5.41, 5.74) is 0.562. The Hall–Kier alpha value is -2.83. The molecule has 1 aliphatic rings. The fourth-order valence-electron chi connectivity index (χ4n) is 3.95. The van der Waals surface area contributed by atoms with Crippen LogP contribution < -0.4 is 4.72 Å². The zero-order valence-corrected chi connectivity index (χ0v) is 19.0. The van der Waals surface area contributed by atoms with E-state index in [2.05, 4.69) is 24.9 Å². The third-order valence-corrected chi connectivity index (χ3v) is 6.28. The summed E-state index contributed by atoms with van der Waals surface area (Å²) in [6, 6.07) is 3.02. The number of rotatable bonds is 8. The second-order valence-corrected chi connectivity index (χ2v) is 8.82. The molecule has 0 saturated carbocycles. The zero-order chi connectivity index (χ0) is 23.5. The number of ether oxygens (including phenoxy) is 1. The number of benzene rings is 1. The van der Waals surface area contributed by atoms with Gasteiger partial charge in [0.1, 0.15) is 34.8 Å². The molecular formula is C21H24F2N6O3S. The van der Waals surface area contributed by atoms with Crippen LogP contribution in [0.15, 0.2) is 30.6 Å². The maximum atomic E-state index is 14.8. The summed E-state index contributed by atoms with van der Waals surface area (Å²) in [5.74, 6) is -1.21. The lowest BCUT2D eigenvalue weighted by Gasteiger charge is -2.22. The van der Waals surface area contributed by atoms with Crippen LogP contribution in [0.2, 0.25) is 0 Å². The molecule has 1 aliphatic heterocycles. The van der Waals surface area contributed by atoms with Gasteiger partial charge in [-0.1, -0.05) is 6.07 Å². The molecule has 0 bridgehead atoms. The monoisotopic (exact) mass is 478 g/mol. The van der Waals surface area contributed by atoms with Crippen LogP contribution in [0.4, 0.5) is 8.78 Å². The lowest BCUT2D eigenvalue weighted by atomic mass is 9.96. The second kappa shape index (κ2) is 9.98. The molecule has 33 heavy (non-hydrogen) atoms. The molecule has 1 aromatic carbocycles. The lowest BCUT2D eigenvalue weighted by molar-refractivity contribution is 0.193. The van der Waals surface area contributed by atoms with Crippen LogP contribution in [0.1, 0.15) is 48.2 Å². The van der Waals surface area contributed by atoms with Gasteiger partial charge < -0.3 is 4.74 Å². The van der Waals surface area contributed by atoms with Crippen LogP contribution in [-0.2, 0) is 22.0 Å². The first-order valence-corrected chi connectivity index (χ1v) is 11.7. The van der Waals surface area contributed by atoms with Crippen molar-refractivity contribution in [3.63, 3.8) is 0 Å². The van der Waals surface area contributed by atoms with Crippen molar-refractivity contribution in [2.45, 2.75) is 44.6 Å². The summed E-state index contributed by atoms with van der Waals surface area (Å²) in [4.78, 5) is 8.70. The van der Waals surface area contributed by atoms with E-state index in [9.17, 15) is 17.2 Å². The van der Waals surface area contributed by atoms with Gasteiger partial charge in [0.25, 0.3) is 0 Å². The topological polar surface area (TPSA) is 112 Å². The van der Waals surface area contributed by atoms with Gasteiger partial charge in [0.2, 0.25) is 10.9 Å². The minimum atomic E-state index is -2.89. The van der Waals surface area contributed by atoms with E-state index in [1.54, 1.807) is 19.3 Å². The average molecular weight is 479 g/mol. The zero-order valence-electron chi connectivity index (χ0n) is 18.1. The molecule has 1 saturated heterocycles. The van der Waals surface area contributed by atoms with E-state index in [1.807, 2.05) is 6.92 Å². The van der Waals surface area contributed by atoms with E-state index >= 15 is 0 Å². The number of halogens is 2. The number of thiol groups is 1. The summed E-state index contributed by atoms with van der Waals surface area (Å²) < 4.78 is 61.7. The Kier molecular flexibility index (Phi) is 7.05. The fraction of sp³-hybridized carbons (Fsp3) is 0.429. The quantitative estimate of drug-likeness (QED) is 0.476. The molecule has 2 aromatic heterocycles. The van der Waals surface area contributed by atoms with Crippen LogP contribution in [0, 0.1) is 18.6 Å². The van der Waals surface area contributed by atoms with E-state index in [1.165, 1.54) is 22.8 Å². The predicted octanol–water partition coefficient (Wildman–Crippen LogP) is 1.98. The van der Waals surface area contributed by atoms with Crippen molar-refractivity contribution < 1.29 is 21.9 Å². The highest BCUT2D eigenvalue weighted by molar-refractivity contribution is 7.70. The Balaban J connectivity index is 1.81. The van der Waals surface area contributed by atoms with E-state index < -0.39 is 34.5 Å². The fourth-order valence-corrected chi connectivity index (χ4v) is 4.46. The van der Waals surface area contributed by atoms with Gasteiger partial charge in [-0.3, -0.25) is 4.57 Å². The number of aromatic nitrogens is 5. The van der Waals surface area contributed by atoms with Crippen molar-refractivity contribution in [3.8, 4) is 5.69 Å². The van der Waals surface area contributed by atoms with Gasteiger partial charge in [-0.15, -0.1) is 10.2 Å². The van der Waals surface area contributed by atoms with Crippen LogP contribution in [-0.4, -0.2) is 52.4 Å². The number of hydrogen-bond donors (Lipinski definition) is 2. The molecule has 176 valence electrons. The normalized spacial score (nSPS) is 18.0. The van der Waals surface area contributed by atoms with Crippen LogP contribution in [0.3, 0.4) is 0 Å². The standard InChI is InChI=1S/C21H24F2N6O3S/c1-12-9-24-20(25-10-12)15(13(2)28-33(30)31)8-18-26-27-21(14-6-7-32-11-14)29(18)19-16(22)4-3-5-17(19)23/h3-5,9-10,13-15,33H,6-8,11H2,1-2H3,(H,28,30,31)/t13-,14+,15-/m1/s1. The molecule has 4 rings (SSSR count). The molecular weight excluding hydrogens is 454 g/mol. The maximum absolute atomic E-state index is 14.8. The van der Waals surface area contributed by atoms with Crippen molar-refractivity contribution in [2.75, 3.05) is 13.2 Å². The van der Waals surface area contributed by atoms with Crippen molar-refractivity contribution in [1.82, 2.24) is 29.5 Å². The molecule has 1 fully saturated rings. The number of para-hydroxylation sites is 1. The first-order chi connectivity index (χ1) is 15.8. The van der Waals surface area contributed by atoms with Crippen molar-refractivity contribution in [3.05, 3.63) is 65.3 Å². The summed E-state index contributed by atoms with van der Waals surface area (Å²) in [5, 5.41) is 8.51. The van der Waals surface area contributed by atoms with E-state index in [-0.39, 0.29) is 23.9 Å². The van der Waals surface area contributed by atoms with Gasteiger partial charge in [-0.05, 0) is 38.0 Å². The first-order valence-electron chi connectivity index (χ1n) is 10.5. The highest BCUT2D eigenvalue weighted by Gasteiger charge is 2.31. The van der Waals surface area contributed by atoms with E-state index in [0.717, 1.165) is 5.56 Å². The molecule has 0 amide bonds. The minimum Gasteiger partial charge on any atom is -0.381 e. The summed E-state index contributed by atoms with van der Waals surface area (Å²) in [6.07, 6.45) is 3.99. The molecule has 3 atom stereocenters. The molecule has 0 spiro atoms. The summed E-state index contributed by atoms with van der Waals surface area (Å²) >= 11 is 0. The van der Waals surface area contributed by atoms with Gasteiger partial charge >= 0.3 is 0 Å². The Morgan fingerprint density at radius 3 is 2.52 bits per heavy atom. The SMILES string of the molecule is Cc1cnc([C@H](Cc2nnc([C@H]3CCOC3)n2-c2c(F)cccc2F)[C@@H](C)N[SH](=O)=O)nc1. The molecule has 0 aliphatic carbocycles. The first kappa shape index (κ1) is 23.3. The summed E-state index contributed by atoms with van der Waals surface area (Å²) in [7, 11) is -2.89. The Labute approximate surface area is 191 Å². The van der Waals surface area contributed by atoms with Gasteiger partial charge in [-0.2, -0.15) is 0 Å². The molecule has 9 nitrogen and oxygen atoms in total. The molecule has 3 aromatic rings.